The molecule has 0 saturated carbocycles. The molecule has 11 heteroatoms. The minimum absolute atomic E-state index is 0.129. The van der Waals surface area contributed by atoms with Gasteiger partial charge in [-0.3, -0.25) is 0 Å². The maximum atomic E-state index is 10.3. The lowest BCUT2D eigenvalue weighted by atomic mass is 10.1. The van der Waals surface area contributed by atoms with Crippen LogP contribution in [0.3, 0.4) is 0 Å². The van der Waals surface area contributed by atoms with E-state index in [4.69, 9.17) is 34.0 Å². The zero-order chi connectivity index (χ0) is 25.8. The number of nitrogens with zero attached hydrogens (tertiary/aromatic N) is 2. The summed E-state index contributed by atoms with van der Waals surface area (Å²) in [6.45, 7) is 4.21. The summed E-state index contributed by atoms with van der Waals surface area (Å²) in [5.74, 6) is -1.53. The predicted molar refractivity (Wildman–Crippen MR) is 128 cm³/mol. The SMILES string of the molecule is CCOc1ccc(-c2cnc(NCc3cccc(OC)c3O)n2CCOC)cc1.O=C(O)C(=O)O. The van der Waals surface area contributed by atoms with Gasteiger partial charge in [-0.05, 0) is 37.3 Å². The number of phenolic OH excluding ortho intramolecular Hbond substituents is 1. The number of aliphatic carboxylic acids is 2. The quantitative estimate of drug-likeness (QED) is 0.314. The van der Waals surface area contributed by atoms with Crippen molar-refractivity contribution in [3.05, 3.63) is 54.2 Å². The van der Waals surface area contributed by atoms with Crippen molar-refractivity contribution in [1.29, 1.82) is 0 Å². The van der Waals surface area contributed by atoms with Crippen LogP contribution < -0.4 is 14.8 Å². The highest BCUT2D eigenvalue weighted by Gasteiger charge is 2.13. The van der Waals surface area contributed by atoms with Gasteiger partial charge < -0.3 is 39.4 Å². The normalized spacial score (nSPS) is 10.1. The van der Waals surface area contributed by atoms with Crippen molar-refractivity contribution < 1.29 is 39.1 Å². The van der Waals surface area contributed by atoms with E-state index in [9.17, 15) is 5.11 Å². The summed E-state index contributed by atoms with van der Waals surface area (Å²) in [5, 5.41) is 28.4. The van der Waals surface area contributed by atoms with Crippen LogP contribution in [0.25, 0.3) is 11.3 Å². The minimum Gasteiger partial charge on any atom is -0.504 e. The third kappa shape index (κ3) is 7.64. The number of hydrogen-bond donors (Lipinski definition) is 4. The van der Waals surface area contributed by atoms with Gasteiger partial charge in [0.2, 0.25) is 5.95 Å². The fraction of sp³-hybridized carbons (Fsp3) is 0.292. The molecule has 0 radical (unpaired) electrons. The number of carbonyl (C=O) groups is 2. The molecule has 1 aromatic heterocycles. The lowest BCUT2D eigenvalue weighted by Gasteiger charge is -2.14. The molecule has 0 aliphatic heterocycles. The Labute approximate surface area is 202 Å². The van der Waals surface area contributed by atoms with Crippen LogP contribution in [0.1, 0.15) is 12.5 Å². The van der Waals surface area contributed by atoms with Crippen LogP contribution in [0.5, 0.6) is 17.2 Å². The van der Waals surface area contributed by atoms with Crippen LogP contribution >= 0.6 is 0 Å². The van der Waals surface area contributed by atoms with E-state index in [0.29, 0.717) is 38.0 Å². The second-order valence-corrected chi connectivity index (χ2v) is 7.00. The topological polar surface area (TPSA) is 152 Å². The van der Waals surface area contributed by atoms with Gasteiger partial charge in [-0.1, -0.05) is 12.1 Å². The highest BCUT2D eigenvalue weighted by atomic mass is 16.5. The number of carboxylic acid groups (broad SMARTS) is 2. The zero-order valence-corrected chi connectivity index (χ0v) is 19.7. The zero-order valence-electron chi connectivity index (χ0n) is 19.7. The molecule has 0 saturated heterocycles. The molecule has 0 bridgehead atoms. The molecule has 2 aromatic carbocycles. The van der Waals surface area contributed by atoms with Gasteiger partial charge >= 0.3 is 11.9 Å². The Bertz CT molecular complexity index is 1100. The van der Waals surface area contributed by atoms with Crippen molar-refractivity contribution >= 4 is 17.9 Å². The van der Waals surface area contributed by atoms with Crippen LogP contribution in [-0.4, -0.2) is 64.2 Å². The number of aromatic nitrogens is 2. The fourth-order valence-electron chi connectivity index (χ4n) is 3.09. The van der Waals surface area contributed by atoms with E-state index in [1.54, 1.807) is 13.2 Å². The number of carboxylic acids is 2. The van der Waals surface area contributed by atoms with E-state index in [1.165, 1.54) is 7.11 Å². The molecular weight excluding hydrogens is 458 g/mol. The number of anilines is 1. The lowest BCUT2D eigenvalue weighted by molar-refractivity contribution is -0.159. The number of aromatic hydroxyl groups is 1. The number of methoxy groups -OCH3 is 2. The van der Waals surface area contributed by atoms with Gasteiger partial charge in [-0.25, -0.2) is 14.6 Å². The predicted octanol–water partition coefficient (Wildman–Crippen LogP) is 3.08. The summed E-state index contributed by atoms with van der Waals surface area (Å²) >= 11 is 0. The van der Waals surface area contributed by atoms with Gasteiger partial charge in [-0.2, -0.15) is 0 Å². The van der Waals surface area contributed by atoms with Crippen LogP contribution in [0.4, 0.5) is 5.95 Å². The van der Waals surface area contributed by atoms with Crippen molar-refractivity contribution in [2.45, 2.75) is 20.0 Å². The first kappa shape index (κ1) is 27.0. The van der Waals surface area contributed by atoms with Gasteiger partial charge in [0.1, 0.15) is 5.75 Å². The number of phenols is 1. The average molecular weight is 488 g/mol. The molecule has 3 aromatic rings. The Hall–Kier alpha value is -4.25. The van der Waals surface area contributed by atoms with E-state index >= 15 is 0 Å². The largest absolute Gasteiger partial charge is 0.504 e. The van der Waals surface area contributed by atoms with Gasteiger partial charge in [-0.15, -0.1) is 0 Å². The molecular formula is C24H29N3O8. The maximum absolute atomic E-state index is 10.3. The molecule has 11 nitrogen and oxygen atoms in total. The van der Waals surface area contributed by atoms with E-state index in [1.807, 2.05) is 49.5 Å². The summed E-state index contributed by atoms with van der Waals surface area (Å²) in [6, 6.07) is 13.4. The van der Waals surface area contributed by atoms with Crippen LogP contribution in [0, 0.1) is 0 Å². The molecule has 0 atom stereocenters. The minimum atomic E-state index is -1.82. The molecule has 0 fully saturated rings. The van der Waals surface area contributed by atoms with Gasteiger partial charge in [0.25, 0.3) is 0 Å². The molecule has 188 valence electrons. The number of benzene rings is 2. The number of para-hydroxylation sites is 1. The van der Waals surface area contributed by atoms with E-state index in [2.05, 4.69) is 14.9 Å². The Morgan fingerprint density at radius 1 is 1.06 bits per heavy atom. The standard InChI is InChI=1S/C22H27N3O4.C2H2O4/c1-4-29-18-10-8-16(9-11-18)19-15-24-22(25(19)12-13-27-2)23-14-17-6-5-7-20(28-3)21(17)26;3-1(4)2(5)6/h5-11,15,26H,4,12-14H2,1-3H3,(H,23,24);(H,3,4)(H,5,6). The molecule has 0 spiro atoms. The second-order valence-electron chi connectivity index (χ2n) is 7.00. The van der Waals surface area contributed by atoms with Crippen LogP contribution in [0.2, 0.25) is 0 Å². The fourth-order valence-corrected chi connectivity index (χ4v) is 3.09. The van der Waals surface area contributed by atoms with E-state index in [-0.39, 0.29) is 5.75 Å². The van der Waals surface area contributed by atoms with Crippen molar-refractivity contribution in [2.75, 3.05) is 32.8 Å². The number of ether oxygens (including phenoxy) is 3. The number of nitrogens with one attached hydrogen (secondary N) is 1. The third-order valence-electron chi connectivity index (χ3n) is 4.76. The molecule has 0 unspecified atom stereocenters. The Morgan fingerprint density at radius 3 is 2.31 bits per heavy atom. The van der Waals surface area contributed by atoms with Crippen LogP contribution in [0.15, 0.2) is 48.7 Å². The molecule has 35 heavy (non-hydrogen) atoms. The molecule has 0 aliphatic rings. The smallest absolute Gasteiger partial charge is 0.414 e. The molecule has 0 amide bonds. The first-order valence-corrected chi connectivity index (χ1v) is 10.6. The third-order valence-corrected chi connectivity index (χ3v) is 4.76. The second kappa shape index (κ2) is 13.5. The summed E-state index contributed by atoms with van der Waals surface area (Å²) < 4.78 is 18.0. The van der Waals surface area contributed by atoms with E-state index < -0.39 is 11.9 Å². The maximum Gasteiger partial charge on any atom is 0.414 e. The van der Waals surface area contributed by atoms with Gasteiger partial charge in [0.15, 0.2) is 11.5 Å². The summed E-state index contributed by atoms with van der Waals surface area (Å²) in [7, 11) is 3.21. The van der Waals surface area contributed by atoms with Crippen molar-refractivity contribution in [3.63, 3.8) is 0 Å². The molecule has 0 aliphatic carbocycles. The number of rotatable bonds is 10. The Morgan fingerprint density at radius 2 is 1.74 bits per heavy atom. The average Bonchev–Trinajstić information content (AvgIpc) is 3.25. The summed E-state index contributed by atoms with van der Waals surface area (Å²) in [6.07, 6.45) is 1.83. The highest BCUT2D eigenvalue weighted by molar-refractivity contribution is 6.27. The summed E-state index contributed by atoms with van der Waals surface area (Å²) in [5.41, 5.74) is 2.74. The first-order chi connectivity index (χ1) is 16.8. The van der Waals surface area contributed by atoms with E-state index in [0.717, 1.165) is 22.6 Å². The van der Waals surface area contributed by atoms with Crippen molar-refractivity contribution in [1.82, 2.24) is 9.55 Å². The number of imidazole rings is 1. The lowest BCUT2D eigenvalue weighted by Crippen LogP contribution is -2.12. The van der Waals surface area contributed by atoms with Crippen molar-refractivity contribution in [3.8, 4) is 28.5 Å². The summed E-state index contributed by atoms with van der Waals surface area (Å²) in [4.78, 5) is 22.7. The van der Waals surface area contributed by atoms with Crippen LogP contribution in [-0.2, 0) is 27.4 Å². The Balaban J connectivity index is 0.000000641. The number of hydrogen-bond acceptors (Lipinski definition) is 8. The first-order valence-electron chi connectivity index (χ1n) is 10.6. The highest BCUT2D eigenvalue weighted by Crippen LogP contribution is 2.30. The molecule has 3 rings (SSSR count). The van der Waals surface area contributed by atoms with Crippen molar-refractivity contribution in [2.24, 2.45) is 0 Å². The van der Waals surface area contributed by atoms with Gasteiger partial charge in [0.05, 0.1) is 32.2 Å². The molecule has 4 N–H and O–H groups in total. The molecule has 1 heterocycles. The monoisotopic (exact) mass is 487 g/mol. The Kier molecular flexibility index (Phi) is 10.4. The van der Waals surface area contributed by atoms with Gasteiger partial charge in [0, 0.05) is 31.3 Å².